The Morgan fingerprint density at radius 1 is 1.08 bits per heavy atom. The van der Waals surface area contributed by atoms with E-state index < -0.39 is 11.8 Å². The number of nitrogens with one attached hydrogen (secondary N) is 2. The molecule has 8 heteroatoms. The van der Waals surface area contributed by atoms with Crippen LogP contribution >= 0.6 is 0 Å². The van der Waals surface area contributed by atoms with Crippen LogP contribution in [0.25, 0.3) is 0 Å². The van der Waals surface area contributed by atoms with E-state index in [-0.39, 0.29) is 6.79 Å². The number of methoxy groups -OCH3 is 1. The second-order valence-corrected chi connectivity index (χ2v) is 4.99. The van der Waals surface area contributed by atoms with E-state index in [1.807, 2.05) is 0 Å². The lowest BCUT2D eigenvalue weighted by Crippen LogP contribution is -2.32. The van der Waals surface area contributed by atoms with E-state index in [4.69, 9.17) is 14.2 Å². The molecule has 0 fully saturated rings. The first kappa shape index (κ1) is 16.3. The lowest BCUT2D eigenvalue weighted by molar-refractivity contribution is -0.136. The number of carbonyl (C=O) groups is 2. The number of rotatable bonds is 4. The Morgan fingerprint density at radius 3 is 2.60 bits per heavy atom. The monoisotopic (exact) mass is 341 g/mol. The van der Waals surface area contributed by atoms with Crippen LogP contribution in [0.5, 0.6) is 17.2 Å². The summed E-state index contributed by atoms with van der Waals surface area (Å²) in [5.74, 6) is 0.0831. The van der Waals surface area contributed by atoms with Gasteiger partial charge in [-0.25, -0.2) is 5.43 Å². The van der Waals surface area contributed by atoms with E-state index in [1.165, 1.54) is 6.21 Å². The topological polar surface area (TPSA) is 98.2 Å². The summed E-state index contributed by atoms with van der Waals surface area (Å²) in [6.45, 7) is 0.132. The molecule has 128 valence electrons. The molecule has 2 N–H and O–H groups in total. The molecule has 0 unspecified atom stereocenters. The molecule has 2 aromatic carbocycles. The van der Waals surface area contributed by atoms with Crippen molar-refractivity contribution in [1.29, 1.82) is 0 Å². The van der Waals surface area contributed by atoms with Crippen molar-refractivity contribution in [3.05, 3.63) is 48.0 Å². The van der Waals surface area contributed by atoms with Crippen molar-refractivity contribution >= 4 is 23.7 Å². The molecule has 0 bridgehead atoms. The molecular weight excluding hydrogens is 326 g/mol. The van der Waals surface area contributed by atoms with E-state index in [2.05, 4.69) is 15.8 Å². The van der Waals surface area contributed by atoms with Crippen molar-refractivity contribution in [2.24, 2.45) is 5.10 Å². The molecule has 1 heterocycles. The van der Waals surface area contributed by atoms with Crippen molar-refractivity contribution < 1.29 is 23.8 Å². The van der Waals surface area contributed by atoms with Crippen LogP contribution in [0.2, 0.25) is 0 Å². The molecule has 2 aromatic rings. The highest BCUT2D eigenvalue weighted by Gasteiger charge is 2.17. The van der Waals surface area contributed by atoms with Crippen LogP contribution < -0.4 is 25.0 Å². The van der Waals surface area contributed by atoms with Gasteiger partial charge in [0.25, 0.3) is 0 Å². The summed E-state index contributed by atoms with van der Waals surface area (Å²) >= 11 is 0. The lowest BCUT2D eigenvalue weighted by atomic mass is 10.2. The van der Waals surface area contributed by atoms with E-state index in [0.29, 0.717) is 22.9 Å². The Balaban J connectivity index is 1.53. The third-order valence-corrected chi connectivity index (χ3v) is 3.33. The summed E-state index contributed by atoms with van der Waals surface area (Å²) in [7, 11) is 1.57. The van der Waals surface area contributed by atoms with E-state index in [9.17, 15) is 9.59 Å². The number of nitrogens with zero attached hydrogens (tertiary/aromatic N) is 1. The summed E-state index contributed by atoms with van der Waals surface area (Å²) in [6, 6.07) is 11.9. The van der Waals surface area contributed by atoms with Crippen LogP contribution in [0.1, 0.15) is 5.56 Å². The first-order valence-electron chi connectivity index (χ1n) is 7.34. The van der Waals surface area contributed by atoms with Crippen LogP contribution in [0, 0.1) is 0 Å². The minimum absolute atomic E-state index is 0.132. The van der Waals surface area contributed by atoms with Gasteiger partial charge in [-0.15, -0.1) is 0 Å². The highest BCUT2D eigenvalue weighted by Crippen LogP contribution is 2.34. The van der Waals surface area contributed by atoms with Gasteiger partial charge in [0.15, 0.2) is 11.5 Å². The molecule has 25 heavy (non-hydrogen) atoms. The Morgan fingerprint density at radius 2 is 1.84 bits per heavy atom. The summed E-state index contributed by atoms with van der Waals surface area (Å²) in [4.78, 5) is 23.6. The number of fused-ring (bicyclic) bond motifs is 1. The van der Waals surface area contributed by atoms with Gasteiger partial charge in [0, 0.05) is 11.8 Å². The largest absolute Gasteiger partial charge is 0.497 e. The predicted molar refractivity (Wildman–Crippen MR) is 89.9 cm³/mol. The smallest absolute Gasteiger partial charge is 0.329 e. The zero-order valence-corrected chi connectivity index (χ0v) is 13.3. The van der Waals surface area contributed by atoms with Crippen LogP contribution in [0.3, 0.4) is 0 Å². The second kappa shape index (κ2) is 7.35. The molecule has 2 amide bonds. The second-order valence-electron chi connectivity index (χ2n) is 4.99. The molecule has 1 aliphatic rings. The quantitative estimate of drug-likeness (QED) is 0.499. The van der Waals surface area contributed by atoms with Crippen molar-refractivity contribution in [2.45, 2.75) is 0 Å². The Bertz CT molecular complexity index is 818. The highest BCUT2D eigenvalue weighted by atomic mass is 16.7. The average molecular weight is 341 g/mol. The number of hydrazone groups is 1. The third kappa shape index (κ3) is 4.05. The van der Waals surface area contributed by atoms with Crippen LogP contribution in [-0.2, 0) is 9.59 Å². The zero-order chi connectivity index (χ0) is 17.6. The number of amides is 2. The standard InChI is InChI=1S/C17H15N3O5/c1-23-13-5-2-11(3-6-13)9-18-20-17(22)16(21)19-12-4-7-14-15(8-12)25-10-24-14/h2-9H,10H2,1H3,(H,19,21)(H,20,22). The molecule has 0 aliphatic carbocycles. The fourth-order valence-corrected chi connectivity index (χ4v) is 2.07. The van der Waals surface area contributed by atoms with Crippen molar-refractivity contribution in [2.75, 3.05) is 19.2 Å². The summed E-state index contributed by atoms with van der Waals surface area (Å²) in [5, 5.41) is 6.20. The molecule has 8 nitrogen and oxygen atoms in total. The lowest BCUT2D eigenvalue weighted by Gasteiger charge is -2.05. The van der Waals surface area contributed by atoms with E-state index >= 15 is 0 Å². The molecule has 0 spiro atoms. The Kier molecular flexibility index (Phi) is 4.79. The summed E-state index contributed by atoms with van der Waals surface area (Å²) < 4.78 is 15.4. The minimum Gasteiger partial charge on any atom is -0.497 e. The van der Waals surface area contributed by atoms with Gasteiger partial charge in [-0.1, -0.05) is 0 Å². The molecule has 0 saturated heterocycles. The van der Waals surface area contributed by atoms with Gasteiger partial charge < -0.3 is 19.5 Å². The molecule has 0 saturated carbocycles. The normalized spacial score (nSPS) is 12.0. The number of hydrogen-bond donors (Lipinski definition) is 2. The minimum atomic E-state index is -0.887. The molecule has 0 aromatic heterocycles. The number of ether oxygens (including phenoxy) is 3. The molecule has 1 aliphatic heterocycles. The van der Waals surface area contributed by atoms with Gasteiger partial charge in [-0.05, 0) is 42.0 Å². The van der Waals surface area contributed by atoms with Gasteiger partial charge in [0.2, 0.25) is 6.79 Å². The maximum Gasteiger partial charge on any atom is 0.329 e. The first-order valence-corrected chi connectivity index (χ1v) is 7.34. The van der Waals surface area contributed by atoms with Crippen LogP contribution in [0.15, 0.2) is 47.6 Å². The summed E-state index contributed by atoms with van der Waals surface area (Å²) in [5.41, 5.74) is 3.33. The van der Waals surface area contributed by atoms with Gasteiger partial charge >= 0.3 is 11.8 Å². The van der Waals surface area contributed by atoms with Gasteiger partial charge in [-0.3, -0.25) is 9.59 Å². The number of benzene rings is 2. The van der Waals surface area contributed by atoms with Crippen LogP contribution in [-0.4, -0.2) is 31.9 Å². The summed E-state index contributed by atoms with van der Waals surface area (Å²) in [6.07, 6.45) is 1.42. The van der Waals surface area contributed by atoms with Gasteiger partial charge in [-0.2, -0.15) is 5.10 Å². The number of carbonyl (C=O) groups excluding carboxylic acids is 2. The zero-order valence-electron chi connectivity index (χ0n) is 13.3. The molecule has 3 rings (SSSR count). The molecule has 0 atom stereocenters. The fraction of sp³-hybridized carbons (Fsp3) is 0.118. The number of anilines is 1. The fourth-order valence-electron chi connectivity index (χ4n) is 2.07. The Hall–Kier alpha value is -3.55. The van der Waals surface area contributed by atoms with Gasteiger partial charge in [0.05, 0.1) is 13.3 Å². The maximum atomic E-state index is 11.9. The molecular formula is C17H15N3O5. The van der Waals surface area contributed by atoms with Crippen LogP contribution in [0.4, 0.5) is 5.69 Å². The highest BCUT2D eigenvalue weighted by molar-refractivity contribution is 6.39. The van der Waals surface area contributed by atoms with Crippen molar-refractivity contribution in [3.63, 3.8) is 0 Å². The van der Waals surface area contributed by atoms with E-state index in [0.717, 1.165) is 5.56 Å². The molecule has 0 radical (unpaired) electrons. The SMILES string of the molecule is COc1ccc(C=NNC(=O)C(=O)Nc2ccc3c(c2)OCO3)cc1. The average Bonchev–Trinajstić information content (AvgIpc) is 3.10. The predicted octanol–water partition coefficient (Wildman–Crippen LogP) is 1.51. The maximum absolute atomic E-state index is 11.9. The number of hydrogen-bond acceptors (Lipinski definition) is 6. The Labute approximate surface area is 143 Å². The third-order valence-electron chi connectivity index (χ3n) is 3.33. The van der Waals surface area contributed by atoms with Gasteiger partial charge in [0.1, 0.15) is 5.75 Å². The van der Waals surface area contributed by atoms with E-state index in [1.54, 1.807) is 49.6 Å². The van der Waals surface area contributed by atoms with Crippen molar-refractivity contribution in [1.82, 2.24) is 5.43 Å². The van der Waals surface area contributed by atoms with Crippen molar-refractivity contribution in [3.8, 4) is 17.2 Å². The first-order chi connectivity index (χ1) is 12.2.